The predicted molar refractivity (Wildman–Crippen MR) is 126 cm³/mol. The van der Waals surface area contributed by atoms with Crippen molar-refractivity contribution in [2.45, 2.75) is 11.8 Å². The molecule has 1 amide bonds. The standard InChI is InChI=1S/C23H16F2N4O5S/c24-22(25)34-17-10-8-15(9-11-17)28-21(31)18-6-1-2-7-19(18)27-23(28)35-13-20(30)26-14-4-3-5-16(12-14)29(32)33/h1-12,22H,13H2,(H,26,30). The van der Waals surface area contributed by atoms with Gasteiger partial charge in [0.1, 0.15) is 5.75 Å². The van der Waals surface area contributed by atoms with Crippen LogP contribution in [0, 0.1) is 10.1 Å². The van der Waals surface area contributed by atoms with E-state index in [4.69, 9.17) is 0 Å². The molecule has 4 aromatic rings. The predicted octanol–water partition coefficient (Wildman–Crippen LogP) is 4.63. The topological polar surface area (TPSA) is 116 Å². The molecule has 0 spiro atoms. The summed E-state index contributed by atoms with van der Waals surface area (Å²) in [6, 6.07) is 17.6. The second kappa shape index (κ2) is 10.3. The maximum atomic E-state index is 13.2. The van der Waals surface area contributed by atoms with Gasteiger partial charge in [0.2, 0.25) is 5.91 Å². The number of carbonyl (C=O) groups excluding carboxylic acids is 1. The number of halogens is 2. The van der Waals surface area contributed by atoms with E-state index in [9.17, 15) is 28.5 Å². The zero-order valence-electron chi connectivity index (χ0n) is 17.8. The summed E-state index contributed by atoms with van der Waals surface area (Å²) in [5.74, 6) is -0.693. The molecule has 0 bridgehead atoms. The number of non-ortho nitro benzene ring substituents is 1. The van der Waals surface area contributed by atoms with Gasteiger partial charge in [0.05, 0.1) is 27.3 Å². The molecular formula is C23H16F2N4O5S. The number of nitrogens with one attached hydrogen (secondary N) is 1. The Morgan fingerprint density at radius 2 is 1.86 bits per heavy atom. The molecule has 0 fully saturated rings. The normalized spacial score (nSPS) is 10.9. The van der Waals surface area contributed by atoms with Crippen molar-refractivity contribution in [2.24, 2.45) is 0 Å². The van der Waals surface area contributed by atoms with Crippen LogP contribution in [0.25, 0.3) is 16.6 Å². The first-order valence-corrected chi connectivity index (χ1v) is 11.0. The molecule has 0 aliphatic heterocycles. The minimum absolute atomic E-state index is 0.0731. The number of rotatable bonds is 8. The molecule has 9 nitrogen and oxygen atoms in total. The van der Waals surface area contributed by atoms with Crippen molar-refractivity contribution in [1.82, 2.24) is 9.55 Å². The van der Waals surface area contributed by atoms with E-state index < -0.39 is 23.0 Å². The minimum atomic E-state index is -2.98. The van der Waals surface area contributed by atoms with Crippen LogP contribution in [0.3, 0.4) is 0 Å². The second-order valence-electron chi connectivity index (χ2n) is 7.07. The highest BCUT2D eigenvalue weighted by atomic mass is 32.2. The van der Waals surface area contributed by atoms with Crippen LogP contribution < -0.4 is 15.6 Å². The Morgan fingerprint density at radius 3 is 2.57 bits per heavy atom. The van der Waals surface area contributed by atoms with Gasteiger partial charge in [-0.15, -0.1) is 0 Å². The number of nitro groups is 1. The van der Waals surface area contributed by atoms with Crippen LogP contribution in [0.4, 0.5) is 20.2 Å². The Kier molecular flexibility index (Phi) is 7.01. The molecule has 1 aromatic heterocycles. The van der Waals surface area contributed by atoms with E-state index in [1.807, 2.05) is 0 Å². The van der Waals surface area contributed by atoms with Crippen molar-refractivity contribution in [3.63, 3.8) is 0 Å². The van der Waals surface area contributed by atoms with Crippen LogP contribution in [0.2, 0.25) is 0 Å². The van der Waals surface area contributed by atoms with Crippen molar-refractivity contribution >= 4 is 39.9 Å². The highest BCUT2D eigenvalue weighted by molar-refractivity contribution is 7.99. The Hall–Kier alpha value is -4.32. The summed E-state index contributed by atoms with van der Waals surface area (Å²) < 4.78 is 30.6. The number of aromatic nitrogens is 2. The molecule has 0 atom stereocenters. The number of alkyl halides is 2. The van der Waals surface area contributed by atoms with Gasteiger partial charge >= 0.3 is 6.61 Å². The van der Waals surface area contributed by atoms with Gasteiger partial charge in [-0.25, -0.2) is 4.98 Å². The number of ether oxygens (including phenoxy) is 1. The first-order valence-electron chi connectivity index (χ1n) is 10.1. The number of fused-ring (bicyclic) bond motifs is 1. The SMILES string of the molecule is O=C(CSc1nc2ccccc2c(=O)n1-c1ccc(OC(F)F)cc1)Nc1cccc([N+](=O)[O-])c1. The Labute approximate surface area is 200 Å². The summed E-state index contributed by atoms with van der Waals surface area (Å²) in [6.07, 6.45) is 0. The van der Waals surface area contributed by atoms with Crippen molar-refractivity contribution < 1.29 is 23.2 Å². The molecule has 178 valence electrons. The van der Waals surface area contributed by atoms with Gasteiger partial charge in [-0.05, 0) is 42.5 Å². The van der Waals surface area contributed by atoms with E-state index in [2.05, 4.69) is 15.0 Å². The Bertz CT molecular complexity index is 1460. The van der Waals surface area contributed by atoms with Gasteiger partial charge < -0.3 is 10.1 Å². The van der Waals surface area contributed by atoms with Crippen LogP contribution >= 0.6 is 11.8 Å². The zero-order valence-corrected chi connectivity index (χ0v) is 18.6. The molecule has 0 saturated heterocycles. The van der Waals surface area contributed by atoms with Crippen molar-refractivity contribution in [3.05, 3.63) is 93.3 Å². The molecule has 1 heterocycles. The summed E-state index contributed by atoms with van der Waals surface area (Å²) in [5, 5.41) is 14.1. The zero-order chi connectivity index (χ0) is 24.9. The maximum absolute atomic E-state index is 13.2. The fraction of sp³-hybridized carbons (Fsp3) is 0.0870. The van der Waals surface area contributed by atoms with Crippen molar-refractivity contribution in [3.8, 4) is 11.4 Å². The summed E-state index contributed by atoms with van der Waals surface area (Å²) >= 11 is 0.978. The molecule has 0 unspecified atom stereocenters. The number of carbonyl (C=O) groups is 1. The number of para-hydroxylation sites is 1. The molecule has 0 aliphatic rings. The first-order chi connectivity index (χ1) is 16.8. The quantitative estimate of drug-likeness (QED) is 0.163. The minimum Gasteiger partial charge on any atom is -0.435 e. The van der Waals surface area contributed by atoms with Crippen LogP contribution in [-0.2, 0) is 4.79 Å². The monoisotopic (exact) mass is 498 g/mol. The third kappa shape index (κ3) is 5.61. The largest absolute Gasteiger partial charge is 0.435 e. The lowest BCUT2D eigenvalue weighted by atomic mass is 10.2. The van der Waals surface area contributed by atoms with Crippen LogP contribution in [0.5, 0.6) is 5.75 Å². The Balaban J connectivity index is 1.62. The number of amides is 1. The molecule has 12 heteroatoms. The van der Waals surface area contributed by atoms with Crippen molar-refractivity contribution in [2.75, 3.05) is 11.1 Å². The molecule has 0 aliphatic carbocycles. The molecule has 3 aromatic carbocycles. The van der Waals surface area contributed by atoms with E-state index in [0.29, 0.717) is 16.6 Å². The first kappa shape index (κ1) is 23.8. The number of nitrogens with zero attached hydrogens (tertiary/aromatic N) is 3. The number of hydrogen-bond donors (Lipinski definition) is 1. The van der Waals surface area contributed by atoms with Gasteiger partial charge in [-0.2, -0.15) is 8.78 Å². The lowest BCUT2D eigenvalue weighted by Gasteiger charge is -2.14. The van der Waals surface area contributed by atoms with Crippen LogP contribution in [0.15, 0.2) is 82.7 Å². The highest BCUT2D eigenvalue weighted by Gasteiger charge is 2.16. The molecule has 0 saturated carbocycles. The second-order valence-corrected chi connectivity index (χ2v) is 8.01. The summed E-state index contributed by atoms with van der Waals surface area (Å²) in [6.45, 7) is -2.98. The van der Waals surface area contributed by atoms with E-state index >= 15 is 0 Å². The number of benzene rings is 3. The van der Waals surface area contributed by atoms with E-state index in [-0.39, 0.29) is 28.0 Å². The molecule has 1 N–H and O–H groups in total. The van der Waals surface area contributed by atoms with Gasteiger partial charge in [-0.1, -0.05) is 30.0 Å². The number of nitro benzene ring substituents is 1. The lowest BCUT2D eigenvalue weighted by molar-refractivity contribution is -0.384. The molecule has 35 heavy (non-hydrogen) atoms. The van der Waals surface area contributed by atoms with Gasteiger partial charge in [0.15, 0.2) is 5.16 Å². The third-order valence-corrected chi connectivity index (χ3v) is 5.68. The fourth-order valence-electron chi connectivity index (χ4n) is 3.24. The smallest absolute Gasteiger partial charge is 0.387 e. The summed E-state index contributed by atoms with van der Waals surface area (Å²) in [4.78, 5) is 40.6. The van der Waals surface area contributed by atoms with Gasteiger partial charge in [0.25, 0.3) is 11.2 Å². The fourth-order valence-corrected chi connectivity index (χ4v) is 4.05. The molecular weight excluding hydrogens is 482 g/mol. The van der Waals surface area contributed by atoms with E-state index in [1.165, 1.54) is 53.1 Å². The molecule has 4 rings (SSSR count). The lowest BCUT2D eigenvalue weighted by Crippen LogP contribution is -2.23. The summed E-state index contributed by atoms with van der Waals surface area (Å²) in [5.41, 5.74) is 0.451. The Morgan fingerprint density at radius 1 is 1.11 bits per heavy atom. The van der Waals surface area contributed by atoms with E-state index in [1.54, 1.807) is 24.3 Å². The molecule has 0 radical (unpaired) electrons. The highest BCUT2D eigenvalue weighted by Crippen LogP contribution is 2.24. The van der Waals surface area contributed by atoms with Gasteiger partial charge in [0, 0.05) is 17.8 Å². The average molecular weight is 498 g/mol. The average Bonchev–Trinajstić information content (AvgIpc) is 2.83. The van der Waals surface area contributed by atoms with Crippen LogP contribution in [0.1, 0.15) is 0 Å². The summed E-state index contributed by atoms with van der Waals surface area (Å²) in [7, 11) is 0. The van der Waals surface area contributed by atoms with Crippen molar-refractivity contribution in [1.29, 1.82) is 0 Å². The maximum Gasteiger partial charge on any atom is 0.387 e. The third-order valence-electron chi connectivity index (χ3n) is 4.74. The van der Waals surface area contributed by atoms with E-state index in [0.717, 1.165) is 11.8 Å². The van der Waals surface area contributed by atoms with Crippen LogP contribution in [-0.4, -0.2) is 32.7 Å². The number of thioether (sulfide) groups is 1. The number of anilines is 1. The van der Waals surface area contributed by atoms with Gasteiger partial charge in [-0.3, -0.25) is 24.3 Å². The number of hydrogen-bond acceptors (Lipinski definition) is 7.